The molecule has 2 rings (SSSR count). The molecule has 0 aliphatic heterocycles. The van der Waals surface area contributed by atoms with E-state index in [2.05, 4.69) is 19.9 Å². The molecule has 1 unspecified atom stereocenters. The van der Waals surface area contributed by atoms with Crippen LogP contribution in [0.2, 0.25) is 0 Å². The Morgan fingerprint density at radius 1 is 1.50 bits per heavy atom. The van der Waals surface area contributed by atoms with Crippen LogP contribution >= 0.6 is 11.6 Å². The summed E-state index contributed by atoms with van der Waals surface area (Å²) in [7, 11) is 0. The smallest absolute Gasteiger partial charge is 0.129 e. The van der Waals surface area contributed by atoms with Gasteiger partial charge in [0.1, 0.15) is 5.76 Å². The molecule has 2 heteroatoms. The van der Waals surface area contributed by atoms with Crippen LogP contribution in [0.4, 0.5) is 0 Å². The van der Waals surface area contributed by atoms with E-state index in [4.69, 9.17) is 16.0 Å². The summed E-state index contributed by atoms with van der Waals surface area (Å²) in [6, 6.07) is 3.91. The van der Waals surface area contributed by atoms with Crippen molar-refractivity contribution in [1.82, 2.24) is 0 Å². The average molecular weight is 211 g/mol. The van der Waals surface area contributed by atoms with Crippen LogP contribution in [0.25, 0.3) is 5.57 Å². The number of furan rings is 1. The number of alkyl halides is 1. The number of rotatable bonds is 1. The first-order chi connectivity index (χ1) is 6.57. The third-order valence-electron chi connectivity index (χ3n) is 2.64. The molecule has 0 N–H and O–H groups in total. The minimum Gasteiger partial charge on any atom is -0.465 e. The maximum Gasteiger partial charge on any atom is 0.129 e. The molecule has 1 atom stereocenters. The minimum absolute atomic E-state index is 0.138. The van der Waals surface area contributed by atoms with Gasteiger partial charge in [0.15, 0.2) is 0 Å². The Bertz CT molecular complexity index is 335. The van der Waals surface area contributed by atoms with E-state index in [9.17, 15) is 0 Å². The largest absolute Gasteiger partial charge is 0.465 e. The van der Waals surface area contributed by atoms with E-state index in [0.29, 0.717) is 0 Å². The van der Waals surface area contributed by atoms with Crippen LogP contribution < -0.4 is 0 Å². The third-order valence-corrected chi connectivity index (χ3v) is 2.92. The van der Waals surface area contributed by atoms with Crippen molar-refractivity contribution in [2.24, 2.45) is 5.41 Å². The van der Waals surface area contributed by atoms with Crippen LogP contribution in [0, 0.1) is 5.41 Å². The lowest BCUT2D eigenvalue weighted by Crippen LogP contribution is -2.21. The fourth-order valence-corrected chi connectivity index (χ4v) is 2.65. The summed E-state index contributed by atoms with van der Waals surface area (Å²) < 4.78 is 5.39. The van der Waals surface area contributed by atoms with E-state index < -0.39 is 0 Å². The molecule has 1 heterocycles. The van der Waals surface area contributed by atoms with Gasteiger partial charge in [-0.15, -0.1) is 11.6 Å². The van der Waals surface area contributed by atoms with Gasteiger partial charge in [-0.2, -0.15) is 0 Å². The molecule has 0 aromatic carbocycles. The summed E-state index contributed by atoms with van der Waals surface area (Å²) in [6.45, 7) is 4.50. The molecule has 1 aromatic heterocycles. The lowest BCUT2D eigenvalue weighted by molar-refractivity contribution is 0.337. The van der Waals surface area contributed by atoms with Crippen LogP contribution in [0.3, 0.4) is 0 Å². The second-order valence-electron chi connectivity index (χ2n) is 4.73. The highest BCUT2D eigenvalue weighted by atomic mass is 35.5. The number of halogens is 1. The van der Waals surface area contributed by atoms with Crippen LogP contribution in [-0.4, -0.2) is 5.38 Å². The van der Waals surface area contributed by atoms with Gasteiger partial charge in [-0.25, -0.2) is 0 Å². The predicted octanol–water partition coefficient (Wildman–Crippen LogP) is 4.09. The van der Waals surface area contributed by atoms with Gasteiger partial charge < -0.3 is 4.42 Å². The molecule has 1 aliphatic carbocycles. The average Bonchev–Trinajstić information content (AvgIpc) is 2.51. The van der Waals surface area contributed by atoms with Crippen LogP contribution in [0.15, 0.2) is 28.9 Å². The van der Waals surface area contributed by atoms with E-state index >= 15 is 0 Å². The second kappa shape index (κ2) is 3.47. The molecular weight excluding hydrogens is 196 g/mol. The highest BCUT2D eigenvalue weighted by molar-refractivity contribution is 6.22. The Hall–Kier alpha value is -0.690. The fraction of sp³-hybridized carbons (Fsp3) is 0.500. The van der Waals surface area contributed by atoms with Gasteiger partial charge in [-0.05, 0) is 36.0 Å². The topological polar surface area (TPSA) is 13.1 Å². The zero-order valence-corrected chi connectivity index (χ0v) is 9.34. The molecule has 0 saturated carbocycles. The monoisotopic (exact) mass is 210 g/mol. The summed E-state index contributed by atoms with van der Waals surface area (Å²) in [5, 5.41) is 0.138. The van der Waals surface area contributed by atoms with Crippen molar-refractivity contribution < 1.29 is 4.42 Å². The standard InChI is InChI=1S/C12H15ClO/c1-12(2)7-9(6-10(13)8-12)11-4-3-5-14-11/h3-6,10H,7-8H2,1-2H3. The molecule has 0 spiro atoms. The van der Waals surface area contributed by atoms with E-state index in [-0.39, 0.29) is 10.8 Å². The second-order valence-corrected chi connectivity index (χ2v) is 5.29. The van der Waals surface area contributed by atoms with Crippen molar-refractivity contribution in [2.75, 3.05) is 0 Å². The van der Waals surface area contributed by atoms with Gasteiger partial charge in [0.25, 0.3) is 0 Å². The maximum atomic E-state index is 6.19. The molecule has 76 valence electrons. The van der Waals surface area contributed by atoms with Crippen LogP contribution in [-0.2, 0) is 0 Å². The Kier molecular flexibility index (Phi) is 2.44. The molecule has 1 aromatic rings. The molecule has 0 saturated heterocycles. The highest BCUT2D eigenvalue weighted by Crippen LogP contribution is 2.41. The van der Waals surface area contributed by atoms with Crippen molar-refractivity contribution in [2.45, 2.75) is 32.1 Å². The number of hydrogen-bond acceptors (Lipinski definition) is 1. The summed E-state index contributed by atoms with van der Waals surface area (Å²) >= 11 is 6.19. The van der Waals surface area contributed by atoms with E-state index in [1.54, 1.807) is 6.26 Å². The van der Waals surface area contributed by atoms with Gasteiger partial charge in [0.2, 0.25) is 0 Å². The van der Waals surface area contributed by atoms with E-state index in [1.807, 2.05) is 12.1 Å². The van der Waals surface area contributed by atoms with Crippen molar-refractivity contribution in [3.63, 3.8) is 0 Å². The summed E-state index contributed by atoms with van der Waals surface area (Å²) in [6.07, 6.45) is 5.91. The predicted molar refractivity (Wildman–Crippen MR) is 59.3 cm³/mol. The Labute approximate surface area is 89.8 Å². The Morgan fingerprint density at radius 3 is 2.86 bits per heavy atom. The summed E-state index contributed by atoms with van der Waals surface area (Å²) in [5.41, 5.74) is 1.52. The first-order valence-electron chi connectivity index (χ1n) is 4.95. The Balaban J connectivity index is 2.28. The third kappa shape index (κ3) is 2.03. The summed E-state index contributed by atoms with van der Waals surface area (Å²) in [4.78, 5) is 0. The Morgan fingerprint density at radius 2 is 2.29 bits per heavy atom. The number of allylic oxidation sites excluding steroid dienone is 2. The zero-order chi connectivity index (χ0) is 10.2. The van der Waals surface area contributed by atoms with E-state index in [0.717, 1.165) is 18.6 Å². The SMILES string of the molecule is CC1(C)CC(c2ccco2)=CC(Cl)C1. The zero-order valence-electron chi connectivity index (χ0n) is 8.59. The molecule has 0 bridgehead atoms. The van der Waals surface area contributed by atoms with Crippen molar-refractivity contribution >= 4 is 17.2 Å². The molecule has 1 nitrogen and oxygen atoms in total. The van der Waals surface area contributed by atoms with Crippen LogP contribution in [0.1, 0.15) is 32.4 Å². The molecule has 0 fully saturated rings. The lowest BCUT2D eigenvalue weighted by atomic mass is 9.76. The summed E-state index contributed by atoms with van der Waals surface area (Å²) in [5.74, 6) is 0.962. The normalized spacial score (nSPS) is 25.9. The van der Waals surface area contributed by atoms with Crippen LogP contribution in [0.5, 0.6) is 0 Å². The fourth-order valence-electron chi connectivity index (χ4n) is 2.08. The highest BCUT2D eigenvalue weighted by Gasteiger charge is 2.28. The van der Waals surface area contributed by atoms with Crippen molar-refractivity contribution in [3.05, 3.63) is 30.2 Å². The van der Waals surface area contributed by atoms with Gasteiger partial charge in [-0.1, -0.05) is 19.9 Å². The van der Waals surface area contributed by atoms with Crippen molar-refractivity contribution in [1.29, 1.82) is 0 Å². The first-order valence-corrected chi connectivity index (χ1v) is 5.39. The lowest BCUT2D eigenvalue weighted by Gasteiger charge is -2.31. The molecule has 1 aliphatic rings. The van der Waals surface area contributed by atoms with Gasteiger partial charge in [0, 0.05) is 0 Å². The molecule has 0 amide bonds. The molecular formula is C12H15ClO. The minimum atomic E-state index is 0.138. The maximum absolute atomic E-state index is 6.19. The van der Waals surface area contributed by atoms with Gasteiger partial charge in [-0.3, -0.25) is 0 Å². The van der Waals surface area contributed by atoms with Gasteiger partial charge in [0.05, 0.1) is 11.6 Å². The molecule has 14 heavy (non-hydrogen) atoms. The quantitative estimate of drug-likeness (QED) is 0.637. The number of hydrogen-bond donors (Lipinski definition) is 0. The van der Waals surface area contributed by atoms with Crippen molar-refractivity contribution in [3.8, 4) is 0 Å². The van der Waals surface area contributed by atoms with E-state index in [1.165, 1.54) is 5.57 Å². The first kappa shape index (κ1) is 9.85. The molecule has 0 radical (unpaired) electrons. The van der Waals surface area contributed by atoms with Gasteiger partial charge >= 0.3 is 0 Å².